The standard InChI is InChI=1S/C8H5BN2/c9-6-1-2-7-8(5-6)11-4-3-10-7/h1-5H. The molecule has 0 saturated carbocycles. The number of aromatic nitrogens is 2. The normalized spacial score (nSPS) is 10.2. The molecule has 0 N–H and O–H groups in total. The van der Waals surface area contributed by atoms with Crippen LogP contribution in [0.4, 0.5) is 0 Å². The lowest BCUT2D eigenvalue weighted by Crippen LogP contribution is -2.00. The first-order valence-electron chi connectivity index (χ1n) is 3.32. The monoisotopic (exact) mass is 140 g/mol. The van der Waals surface area contributed by atoms with Crippen molar-refractivity contribution in [2.24, 2.45) is 0 Å². The fourth-order valence-corrected chi connectivity index (χ4v) is 0.980. The highest BCUT2D eigenvalue weighted by Gasteiger charge is 1.92. The van der Waals surface area contributed by atoms with Crippen LogP contribution in [0.1, 0.15) is 0 Å². The van der Waals surface area contributed by atoms with Crippen molar-refractivity contribution in [1.29, 1.82) is 0 Å². The van der Waals surface area contributed by atoms with E-state index in [-0.39, 0.29) is 0 Å². The Morgan fingerprint density at radius 2 is 1.73 bits per heavy atom. The van der Waals surface area contributed by atoms with Crippen molar-refractivity contribution in [3.05, 3.63) is 30.6 Å². The Kier molecular flexibility index (Phi) is 1.35. The van der Waals surface area contributed by atoms with E-state index in [9.17, 15) is 0 Å². The molecule has 3 heteroatoms. The molecule has 0 atom stereocenters. The number of hydrogen-bond donors (Lipinski definition) is 0. The summed E-state index contributed by atoms with van der Waals surface area (Å²) in [6.45, 7) is 0. The Balaban J connectivity index is 2.83. The van der Waals surface area contributed by atoms with Gasteiger partial charge in [-0.3, -0.25) is 9.97 Å². The third kappa shape index (κ3) is 1.09. The van der Waals surface area contributed by atoms with Crippen LogP contribution < -0.4 is 5.46 Å². The first-order chi connectivity index (χ1) is 5.36. The summed E-state index contributed by atoms with van der Waals surface area (Å²) in [5.41, 5.74) is 2.44. The highest BCUT2D eigenvalue weighted by molar-refractivity contribution is 6.33. The molecule has 0 aliphatic rings. The molecule has 2 aromatic rings. The molecule has 50 valence electrons. The van der Waals surface area contributed by atoms with E-state index in [1.165, 1.54) is 0 Å². The van der Waals surface area contributed by atoms with Crippen LogP contribution >= 0.6 is 0 Å². The van der Waals surface area contributed by atoms with Crippen LogP contribution in [-0.4, -0.2) is 17.8 Å². The topological polar surface area (TPSA) is 25.8 Å². The van der Waals surface area contributed by atoms with Gasteiger partial charge in [0.25, 0.3) is 0 Å². The molecule has 1 aromatic heterocycles. The SMILES string of the molecule is [B]c1ccc2nccnc2c1. The minimum atomic E-state index is 0.720. The van der Waals surface area contributed by atoms with Gasteiger partial charge in [-0.1, -0.05) is 11.5 Å². The highest BCUT2D eigenvalue weighted by atomic mass is 14.8. The molecule has 0 bridgehead atoms. The fraction of sp³-hybridized carbons (Fsp3) is 0. The van der Waals surface area contributed by atoms with Gasteiger partial charge in [0.1, 0.15) is 7.85 Å². The van der Waals surface area contributed by atoms with Gasteiger partial charge >= 0.3 is 0 Å². The predicted octanol–water partition coefficient (Wildman–Crippen LogP) is 0.424. The maximum Gasteiger partial charge on any atom is 0.113 e. The zero-order chi connectivity index (χ0) is 7.68. The van der Waals surface area contributed by atoms with E-state index >= 15 is 0 Å². The number of hydrogen-bond acceptors (Lipinski definition) is 2. The van der Waals surface area contributed by atoms with Crippen LogP contribution in [0.2, 0.25) is 0 Å². The van der Waals surface area contributed by atoms with E-state index in [0.717, 1.165) is 16.5 Å². The third-order valence-electron chi connectivity index (χ3n) is 1.49. The lowest BCUT2D eigenvalue weighted by molar-refractivity contribution is 1.30. The second kappa shape index (κ2) is 2.34. The number of benzene rings is 1. The van der Waals surface area contributed by atoms with E-state index in [4.69, 9.17) is 7.85 Å². The van der Waals surface area contributed by atoms with E-state index in [1.54, 1.807) is 12.4 Å². The van der Waals surface area contributed by atoms with Gasteiger partial charge in [-0.2, -0.15) is 0 Å². The second-order valence-electron chi connectivity index (χ2n) is 2.30. The van der Waals surface area contributed by atoms with Crippen molar-refractivity contribution < 1.29 is 0 Å². The zero-order valence-electron chi connectivity index (χ0n) is 5.86. The Labute approximate surface area is 65.7 Å². The Morgan fingerprint density at radius 1 is 1.00 bits per heavy atom. The lowest BCUT2D eigenvalue weighted by atomic mass is 9.96. The number of fused-ring (bicyclic) bond motifs is 1. The molecular weight excluding hydrogens is 135 g/mol. The molecule has 2 nitrogen and oxygen atoms in total. The molecule has 1 heterocycles. The smallest absolute Gasteiger partial charge is 0.113 e. The van der Waals surface area contributed by atoms with Crippen molar-refractivity contribution >= 4 is 24.3 Å². The zero-order valence-corrected chi connectivity index (χ0v) is 5.86. The predicted molar refractivity (Wildman–Crippen MR) is 44.9 cm³/mol. The molecule has 0 unspecified atom stereocenters. The fourth-order valence-electron chi connectivity index (χ4n) is 0.980. The van der Waals surface area contributed by atoms with Crippen LogP contribution in [0.3, 0.4) is 0 Å². The highest BCUT2D eigenvalue weighted by Crippen LogP contribution is 2.02. The van der Waals surface area contributed by atoms with Crippen molar-refractivity contribution in [3.8, 4) is 0 Å². The van der Waals surface area contributed by atoms with Crippen molar-refractivity contribution in [3.63, 3.8) is 0 Å². The minimum absolute atomic E-state index is 0.720. The minimum Gasteiger partial charge on any atom is -0.253 e. The molecule has 0 amide bonds. The second-order valence-corrected chi connectivity index (χ2v) is 2.30. The summed E-state index contributed by atoms with van der Waals surface area (Å²) in [5.74, 6) is 0. The molecule has 2 rings (SSSR count). The number of nitrogens with zero attached hydrogens (tertiary/aromatic N) is 2. The molecule has 2 radical (unpaired) electrons. The summed E-state index contributed by atoms with van der Waals surface area (Å²) in [6.07, 6.45) is 3.32. The molecule has 0 aliphatic heterocycles. The van der Waals surface area contributed by atoms with Gasteiger partial charge in [0.15, 0.2) is 0 Å². The van der Waals surface area contributed by atoms with Gasteiger partial charge in [0.05, 0.1) is 11.0 Å². The maximum absolute atomic E-state index is 5.56. The van der Waals surface area contributed by atoms with E-state index in [1.807, 2.05) is 18.2 Å². The van der Waals surface area contributed by atoms with Crippen LogP contribution in [0.5, 0.6) is 0 Å². The summed E-state index contributed by atoms with van der Waals surface area (Å²) in [6, 6.07) is 5.48. The van der Waals surface area contributed by atoms with Gasteiger partial charge < -0.3 is 0 Å². The van der Waals surface area contributed by atoms with Gasteiger partial charge in [-0.25, -0.2) is 0 Å². The molecule has 1 aromatic carbocycles. The van der Waals surface area contributed by atoms with Gasteiger partial charge in [0.2, 0.25) is 0 Å². The van der Waals surface area contributed by atoms with Crippen molar-refractivity contribution in [2.75, 3.05) is 0 Å². The summed E-state index contributed by atoms with van der Waals surface area (Å²) in [5, 5.41) is 0. The maximum atomic E-state index is 5.56. The summed E-state index contributed by atoms with van der Waals surface area (Å²) in [7, 11) is 5.56. The van der Waals surface area contributed by atoms with Crippen LogP contribution in [0.25, 0.3) is 11.0 Å². The summed E-state index contributed by atoms with van der Waals surface area (Å²) in [4.78, 5) is 8.20. The molecule has 0 saturated heterocycles. The Hall–Kier alpha value is -1.38. The van der Waals surface area contributed by atoms with Crippen molar-refractivity contribution in [1.82, 2.24) is 9.97 Å². The molecular formula is C8H5BN2. The van der Waals surface area contributed by atoms with E-state index in [2.05, 4.69) is 9.97 Å². The van der Waals surface area contributed by atoms with Crippen LogP contribution in [0, 0.1) is 0 Å². The van der Waals surface area contributed by atoms with Crippen LogP contribution in [0.15, 0.2) is 30.6 Å². The Bertz CT molecular complexity index is 387. The molecule has 11 heavy (non-hydrogen) atoms. The average Bonchev–Trinajstić information content (AvgIpc) is 2.04. The van der Waals surface area contributed by atoms with Crippen LogP contribution in [-0.2, 0) is 0 Å². The largest absolute Gasteiger partial charge is 0.253 e. The van der Waals surface area contributed by atoms with Gasteiger partial charge in [0, 0.05) is 12.4 Å². The van der Waals surface area contributed by atoms with Crippen molar-refractivity contribution in [2.45, 2.75) is 0 Å². The van der Waals surface area contributed by atoms with Gasteiger partial charge in [-0.15, -0.1) is 0 Å². The first-order valence-corrected chi connectivity index (χ1v) is 3.32. The quantitative estimate of drug-likeness (QED) is 0.495. The molecule has 0 spiro atoms. The van der Waals surface area contributed by atoms with Gasteiger partial charge in [-0.05, 0) is 12.1 Å². The third-order valence-corrected chi connectivity index (χ3v) is 1.49. The van der Waals surface area contributed by atoms with E-state index in [0.29, 0.717) is 0 Å². The summed E-state index contributed by atoms with van der Waals surface area (Å²) < 4.78 is 0. The lowest BCUT2D eigenvalue weighted by Gasteiger charge is -1.95. The average molecular weight is 140 g/mol. The first kappa shape index (κ1) is 6.34. The van der Waals surface area contributed by atoms with E-state index < -0.39 is 0 Å². The molecule has 0 aliphatic carbocycles. The summed E-state index contributed by atoms with van der Waals surface area (Å²) >= 11 is 0. The Morgan fingerprint density at radius 3 is 2.55 bits per heavy atom. The molecule has 0 fully saturated rings. The number of rotatable bonds is 0.